The van der Waals surface area contributed by atoms with Crippen LogP contribution in [0.1, 0.15) is 69.9 Å². The van der Waals surface area contributed by atoms with E-state index in [1.54, 1.807) is 4.90 Å². The smallest absolute Gasteiger partial charge is 0.243 e. The maximum absolute atomic E-state index is 12.9. The van der Waals surface area contributed by atoms with Crippen molar-refractivity contribution in [3.8, 4) is 0 Å². The van der Waals surface area contributed by atoms with E-state index in [1.165, 1.54) is 37.7 Å². The number of nitrogens with one attached hydrogen (secondary N) is 1. The maximum atomic E-state index is 12.9. The fraction of sp³-hybridized carbons (Fsp3) is 0.667. The summed E-state index contributed by atoms with van der Waals surface area (Å²) in [4.78, 5) is 27.5. The van der Waals surface area contributed by atoms with Gasteiger partial charge < -0.3 is 15.0 Å². The molecule has 1 saturated carbocycles. The van der Waals surface area contributed by atoms with Gasteiger partial charge in [0.1, 0.15) is 6.04 Å². The van der Waals surface area contributed by atoms with Crippen LogP contribution in [0.15, 0.2) is 24.3 Å². The number of benzene rings is 1. The summed E-state index contributed by atoms with van der Waals surface area (Å²) in [5.41, 5.74) is 2.32. The molecule has 1 heterocycles. The van der Waals surface area contributed by atoms with Gasteiger partial charge >= 0.3 is 0 Å². The molecule has 160 valence electrons. The van der Waals surface area contributed by atoms with Gasteiger partial charge in [0.05, 0.1) is 6.10 Å². The van der Waals surface area contributed by atoms with Crippen LogP contribution in [0.25, 0.3) is 0 Å². The Morgan fingerprint density at radius 1 is 1.14 bits per heavy atom. The molecule has 5 nitrogen and oxygen atoms in total. The van der Waals surface area contributed by atoms with Crippen LogP contribution in [0.5, 0.6) is 0 Å². The lowest BCUT2D eigenvalue weighted by molar-refractivity contribution is -0.142. The highest BCUT2D eigenvalue weighted by atomic mass is 16.5. The highest BCUT2D eigenvalue weighted by molar-refractivity contribution is 5.88. The minimum absolute atomic E-state index is 0.0470. The zero-order valence-electron chi connectivity index (χ0n) is 18.0. The molecule has 5 heteroatoms. The molecule has 3 rings (SSSR count). The predicted molar refractivity (Wildman–Crippen MR) is 114 cm³/mol. The highest BCUT2D eigenvalue weighted by Gasteiger charge is 2.34. The van der Waals surface area contributed by atoms with Crippen LogP contribution in [-0.2, 0) is 27.3 Å². The highest BCUT2D eigenvalue weighted by Crippen LogP contribution is 2.25. The predicted octanol–water partition coefficient (Wildman–Crippen LogP) is 3.84. The van der Waals surface area contributed by atoms with Gasteiger partial charge in [-0.2, -0.15) is 0 Å². The maximum Gasteiger partial charge on any atom is 0.243 e. The summed E-state index contributed by atoms with van der Waals surface area (Å²) < 4.78 is 5.94. The van der Waals surface area contributed by atoms with Crippen LogP contribution in [0.3, 0.4) is 0 Å². The first kappa shape index (κ1) is 21.8. The molecular weight excluding hydrogens is 364 g/mol. The van der Waals surface area contributed by atoms with Gasteiger partial charge in [-0.3, -0.25) is 9.59 Å². The Kier molecular flexibility index (Phi) is 8.10. The van der Waals surface area contributed by atoms with Gasteiger partial charge in [0.25, 0.3) is 0 Å². The second-order valence-electron chi connectivity index (χ2n) is 8.88. The molecule has 0 bridgehead atoms. The first-order valence-corrected chi connectivity index (χ1v) is 11.3. The van der Waals surface area contributed by atoms with E-state index in [-0.39, 0.29) is 17.7 Å². The summed E-state index contributed by atoms with van der Waals surface area (Å²) in [6.07, 6.45) is 8.47. The Bertz CT molecular complexity index is 682. The SMILES string of the molecule is CC(C)CC(=O)N1Cc2ccccc2CC1C(=O)NCCCOC1CCCCC1. The first-order valence-electron chi connectivity index (χ1n) is 11.3. The van der Waals surface area contributed by atoms with Gasteiger partial charge in [0.2, 0.25) is 11.8 Å². The number of fused-ring (bicyclic) bond motifs is 1. The number of rotatable bonds is 8. The van der Waals surface area contributed by atoms with E-state index >= 15 is 0 Å². The summed E-state index contributed by atoms with van der Waals surface area (Å²) in [6.45, 7) is 5.88. The lowest BCUT2D eigenvalue weighted by atomic mass is 9.92. The largest absolute Gasteiger partial charge is 0.378 e. The second kappa shape index (κ2) is 10.8. The van der Waals surface area contributed by atoms with E-state index in [2.05, 4.69) is 17.4 Å². The molecule has 1 fully saturated rings. The Morgan fingerprint density at radius 2 is 1.86 bits per heavy atom. The Labute approximate surface area is 175 Å². The van der Waals surface area contributed by atoms with Crippen LogP contribution in [0, 0.1) is 5.92 Å². The van der Waals surface area contributed by atoms with Gasteiger partial charge in [-0.15, -0.1) is 0 Å². The van der Waals surface area contributed by atoms with Crippen LogP contribution < -0.4 is 5.32 Å². The molecule has 2 amide bonds. The molecule has 0 radical (unpaired) electrons. The van der Waals surface area contributed by atoms with Crippen molar-refractivity contribution < 1.29 is 14.3 Å². The summed E-state index contributed by atoms with van der Waals surface area (Å²) >= 11 is 0. The zero-order chi connectivity index (χ0) is 20.6. The summed E-state index contributed by atoms with van der Waals surface area (Å²) in [7, 11) is 0. The third kappa shape index (κ3) is 6.30. The molecule has 29 heavy (non-hydrogen) atoms. The molecule has 2 aliphatic rings. The number of amides is 2. The minimum atomic E-state index is -0.421. The van der Waals surface area contributed by atoms with Crippen molar-refractivity contribution in [3.05, 3.63) is 35.4 Å². The van der Waals surface area contributed by atoms with Gasteiger partial charge in [0, 0.05) is 32.5 Å². The molecule has 0 spiro atoms. The molecule has 1 N–H and O–H groups in total. The summed E-state index contributed by atoms with van der Waals surface area (Å²) in [6, 6.07) is 7.70. The summed E-state index contributed by atoms with van der Waals surface area (Å²) in [5, 5.41) is 3.05. The molecule has 1 aliphatic carbocycles. The number of hydrogen-bond donors (Lipinski definition) is 1. The normalized spacial score (nSPS) is 19.8. The Morgan fingerprint density at radius 3 is 2.59 bits per heavy atom. The topological polar surface area (TPSA) is 58.6 Å². The van der Waals surface area contributed by atoms with Gasteiger partial charge in [-0.25, -0.2) is 0 Å². The fourth-order valence-electron chi connectivity index (χ4n) is 4.37. The van der Waals surface area contributed by atoms with E-state index in [0.717, 1.165) is 12.0 Å². The quantitative estimate of drug-likeness (QED) is 0.675. The molecule has 0 saturated heterocycles. The van der Waals surface area contributed by atoms with E-state index in [4.69, 9.17) is 4.74 Å². The summed E-state index contributed by atoms with van der Waals surface area (Å²) in [5.74, 6) is 0.296. The van der Waals surface area contributed by atoms with Crippen molar-refractivity contribution in [1.82, 2.24) is 10.2 Å². The number of ether oxygens (including phenoxy) is 1. The van der Waals surface area contributed by atoms with E-state index in [9.17, 15) is 9.59 Å². The molecule has 1 aliphatic heterocycles. The number of carbonyl (C=O) groups excluding carboxylic acids is 2. The lowest BCUT2D eigenvalue weighted by Crippen LogP contribution is -2.53. The number of carbonyl (C=O) groups is 2. The van der Waals surface area contributed by atoms with E-state index in [1.807, 2.05) is 26.0 Å². The Balaban J connectivity index is 1.52. The third-order valence-corrected chi connectivity index (χ3v) is 5.98. The second-order valence-corrected chi connectivity index (χ2v) is 8.88. The van der Waals surface area contributed by atoms with Crippen LogP contribution in [-0.4, -0.2) is 42.0 Å². The van der Waals surface area contributed by atoms with Crippen LogP contribution in [0.4, 0.5) is 0 Å². The standard InChI is InChI=1S/C24H36N2O3/c1-18(2)15-23(27)26-17-20-10-7-6-9-19(20)16-22(26)24(28)25-13-8-14-29-21-11-4-3-5-12-21/h6-7,9-10,18,21-22H,3-5,8,11-17H2,1-2H3,(H,25,28). The average Bonchev–Trinajstić information content (AvgIpc) is 2.72. The van der Waals surface area contributed by atoms with Crippen molar-refractivity contribution in [2.75, 3.05) is 13.2 Å². The first-order chi connectivity index (χ1) is 14.0. The molecule has 1 aromatic rings. The fourth-order valence-corrected chi connectivity index (χ4v) is 4.37. The molecule has 0 aromatic heterocycles. The third-order valence-electron chi connectivity index (χ3n) is 5.98. The number of nitrogens with zero attached hydrogens (tertiary/aromatic N) is 1. The molecule has 1 atom stereocenters. The van der Waals surface area contributed by atoms with E-state index < -0.39 is 6.04 Å². The van der Waals surface area contributed by atoms with Crippen molar-refractivity contribution in [3.63, 3.8) is 0 Å². The molecule has 1 unspecified atom stereocenters. The molecule has 1 aromatic carbocycles. The van der Waals surface area contributed by atoms with Crippen molar-refractivity contribution in [1.29, 1.82) is 0 Å². The van der Waals surface area contributed by atoms with Gasteiger partial charge in [-0.1, -0.05) is 57.4 Å². The van der Waals surface area contributed by atoms with Crippen molar-refractivity contribution >= 4 is 11.8 Å². The van der Waals surface area contributed by atoms with Crippen LogP contribution in [0.2, 0.25) is 0 Å². The number of hydrogen-bond acceptors (Lipinski definition) is 3. The van der Waals surface area contributed by atoms with Crippen molar-refractivity contribution in [2.24, 2.45) is 5.92 Å². The Hall–Kier alpha value is -1.88. The van der Waals surface area contributed by atoms with Crippen molar-refractivity contribution in [2.45, 2.75) is 83.9 Å². The minimum Gasteiger partial charge on any atom is -0.378 e. The average molecular weight is 401 g/mol. The molecular formula is C24H36N2O3. The van der Waals surface area contributed by atoms with Gasteiger partial charge in [-0.05, 0) is 36.3 Å². The lowest BCUT2D eigenvalue weighted by Gasteiger charge is -2.36. The van der Waals surface area contributed by atoms with Gasteiger partial charge in [0.15, 0.2) is 0 Å². The monoisotopic (exact) mass is 400 g/mol. The zero-order valence-corrected chi connectivity index (χ0v) is 18.0. The van der Waals surface area contributed by atoms with E-state index in [0.29, 0.717) is 38.6 Å². The van der Waals surface area contributed by atoms with Crippen LogP contribution >= 0.6 is 0 Å².